The Labute approximate surface area is 230 Å². The molecule has 1 atom stereocenters. The summed E-state index contributed by atoms with van der Waals surface area (Å²) < 4.78 is 55.2. The fraction of sp³-hybridized carbons (Fsp3) is 0.357. The van der Waals surface area contributed by atoms with E-state index in [-0.39, 0.29) is 40.0 Å². The molecule has 0 spiro atoms. The van der Waals surface area contributed by atoms with Crippen LogP contribution in [0.4, 0.5) is 8.78 Å². The molecule has 4 aromatic heterocycles. The van der Waals surface area contributed by atoms with Gasteiger partial charge in [-0.05, 0) is 75.6 Å². The normalized spacial score (nSPS) is 18.8. The summed E-state index contributed by atoms with van der Waals surface area (Å²) in [5, 5.41) is 14.3. The number of rotatable bonds is 4. The van der Waals surface area contributed by atoms with Crippen molar-refractivity contribution in [2.45, 2.75) is 64.0 Å². The van der Waals surface area contributed by atoms with Gasteiger partial charge in [0.05, 0.1) is 23.3 Å². The van der Waals surface area contributed by atoms with Crippen LogP contribution in [0.5, 0.6) is 5.75 Å². The smallest absolute Gasteiger partial charge is 0.278 e. The van der Waals surface area contributed by atoms with Gasteiger partial charge in [0, 0.05) is 26.9 Å². The molecule has 0 saturated heterocycles. The second-order valence-electron chi connectivity index (χ2n) is 10.2. The van der Waals surface area contributed by atoms with Gasteiger partial charge >= 0.3 is 0 Å². The van der Waals surface area contributed by atoms with Gasteiger partial charge in [0.15, 0.2) is 11.6 Å². The maximum Gasteiger partial charge on any atom is 0.278 e. The molecule has 0 radical (unpaired) electrons. The van der Waals surface area contributed by atoms with E-state index in [0.717, 1.165) is 18.7 Å². The van der Waals surface area contributed by atoms with Crippen LogP contribution in [0.15, 0.2) is 41.6 Å². The SMILES string of the molecule is [2H]C1([2H])CC(Oc2cc3n(c(=O)c2Cl)-c2c(cnc(-n4ccc(C(C)(C)O)n4)c2F)CCCC3)c2ncc(F)cc21. The number of pyridine rings is 3. The van der Waals surface area contributed by atoms with E-state index in [1.807, 2.05) is 0 Å². The van der Waals surface area contributed by atoms with E-state index in [1.165, 1.54) is 21.6 Å². The van der Waals surface area contributed by atoms with Crippen molar-refractivity contribution < 1.29 is 21.4 Å². The second-order valence-corrected chi connectivity index (χ2v) is 10.6. The number of hydrogen-bond donors (Lipinski definition) is 1. The average molecular weight is 556 g/mol. The molecule has 202 valence electrons. The molecule has 0 amide bonds. The van der Waals surface area contributed by atoms with Crippen LogP contribution in [0.2, 0.25) is 5.02 Å². The predicted molar refractivity (Wildman–Crippen MR) is 140 cm³/mol. The van der Waals surface area contributed by atoms with Gasteiger partial charge in [-0.3, -0.25) is 14.3 Å². The second kappa shape index (κ2) is 9.53. The third-order valence-corrected chi connectivity index (χ3v) is 7.31. The van der Waals surface area contributed by atoms with Gasteiger partial charge in [-0.25, -0.2) is 18.4 Å². The molecule has 1 aliphatic carbocycles. The van der Waals surface area contributed by atoms with E-state index in [2.05, 4.69) is 15.1 Å². The van der Waals surface area contributed by atoms with Gasteiger partial charge in [-0.15, -0.1) is 0 Å². The Morgan fingerprint density at radius 3 is 2.74 bits per heavy atom. The van der Waals surface area contributed by atoms with Crippen LogP contribution in [0.1, 0.15) is 70.2 Å². The maximum absolute atomic E-state index is 16.3. The molecule has 1 unspecified atom stereocenters. The zero-order chi connectivity index (χ0) is 29.3. The largest absolute Gasteiger partial charge is 0.482 e. The molecule has 4 aromatic rings. The summed E-state index contributed by atoms with van der Waals surface area (Å²) in [6, 6.07) is 4.22. The molecule has 2 aliphatic rings. The number of fused-ring (bicyclic) bond motifs is 4. The van der Waals surface area contributed by atoms with Crippen LogP contribution < -0.4 is 10.3 Å². The molecule has 0 fully saturated rings. The van der Waals surface area contributed by atoms with Crippen molar-refractivity contribution in [1.29, 1.82) is 0 Å². The lowest BCUT2D eigenvalue weighted by atomic mass is 10.0. The van der Waals surface area contributed by atoms with Gasteiger partial charge < -0.3 is 9.84 Å². The molecule has 0 saturated carbocycles. The Morgan fingerprint density at radius 1 is 1.18 bits per heavy atom. The number of halogens is 3. The first-order valence-electron chi connectivity index (χ1n) is 13.6. The van der Waals surface area contributed by atoms with Gasteiger partial charge in [0.2, 0.25) is 0 Å². The summed E-state index contributed by atoms with van der Waals surface area (Å²) >= 11 is 6.54. The average Bonchev–Trinajstić information content (AvgIpc) is 3.47. The van der Waals surface area contributed by atoms with E-state index in [9.17, 15) is 14.3 Å². The predicted octanol–water partition coefficient (Wildman–Crippen LogP) is 4.92. The highest BCUT2D eigenvalue weighted by Gasteiger charge is 2.30. The zero-order valence-electron chi connectivity index (χ0n) is 23.2. The summed E-state index contributed by atoms with van der Waals surface area (Å²) in [4.78, 5) is 22.1. The molecule has 5 heterocycles. The monoisotopic (exact) mass is 555 g/mol. The molecular weight excluding hydrogens is 528 g/mol. The quantitative estimate of drug-likeness (QED) is 0.384. The molecule has 0 bridgehead atoms. The topological polar surface area (TPSA) is 95.1 Å². The van der Waals surface area contributed by atoms with Crippen LogP contribution in [-0.4, -0.2) is 29.4 Å². The summed E-state index contributed by atoms with van der Waals surface area (Å²) in [5.74, 6) is -1.56. The van der Waals surface area contributed by atoms with Crippen LogP contribution in [0.3, 0.4) is 0 Å². The first-order chi connectivity index (χ1) is 19.3. The lowest BCUT2D eigenvalue weighted by molar-refractivity contribution is 0.0734. The van der Waals surface area contributed by atoms with Gasteiger partial charge in [0.25, 0.3) is 5.56 Å². The molecule has 11 heteroatoms. The standard InChI is InChI=1S/C28H26ClF2N5O3/c1-28(2,38)21-9-10-35(34-21)26-23(31)25-16(13-33-26)5-3-4-6-18-12-20(22(29)27(37)36(18)25)39-19-8-7-15-11-17(30)14-32-24(15)19/h9-14,19,38H,3-8H2,1-2H3/i7D2. The number of ether oxygens (including phenoxy) is 1. The lowest BCUT2D eigenvalue weighted by Gasteiger charge is -2.23. The summed E-state index contributed by atoms with van der Waals surface area (Å²) in [6.07, 6.45) is 3.40. The van der Waals surface area contributed by atoms with E-state index in [1.54, 1.807) is 26.0 Å². The van der Waals surface area contributed by atoms with Crippen molar-refractivity contribution in [1.82, 2.24) is 24.3 Å². The van der Waals surface area contributed by atoms with Crippen molar-refractivity contribution in [3.8, 4) is 17.3 Å². The molecule has 6 rings (SSSR count). The third-order valence-electron chi connectivity index (χ3n) is 6.97. The Bertz CT molecular complexity index is 1750. The van der Waals surface area contributed by atoms with Crippen molar-refractivity contribution in [2.75, 3.05) is 0 Å². The number of aliphatic hydroxyl groups is 1. The maximum atomic E-state index is 16.3. The van der Waals surface area contributed by atoms with E-state index < -0.39 is 35.3 Å². The summed E-state index contributed by atoms with van der Waals surface area (Å²) in [6.45, 7) is 3.13. The number of aromatic nitrogens is 5. The first-order valence-corrected chi connectivity index (χ1v) is 13.0. The van der Waals surface area contributed by atoms with E-state index in [4.69, 9.17) is 19.1 Å². The van der Waals surface area contributed by atoms with Crippen LogP contribution >= 0.6 is 11.6 Å². The van der Waals surface area contributed by atoms with Crippen molar-refractivity contribution in [2.24, 2.45) is 0 Å². The van der Waals surface area contributed by atoms with Crippen molar-refractivity contribution >= 4 is 11.6 Å². The van der Waals surface area contributed by atoms with E-state index >= 15 is 4.39 Å². The summed E-state index contributed by atoms with van der Waals surface area (Å²) in [5.41, 5.74) is -0.312. The zero-order valence-corrected chi connectivity index (χ0v) is 22.0. The Kier molecular flexibility index (Phi) is 5.69. The van der Waals surface area contributed by atoms with Crippen molar-refractivity contribution in [3.05, 3.63) is 92.0 Å². The lowest BCUT2D eigenvalue weighted by Crippen LogP contribution is -2.27. The molecule has 1 N–H and O–H groups in total. The van der Waals surface area contributed by atoms with Crippen LogP contribution in [0.25, 0.3) is 11.5 Å². The number of hydrogen-bond acceptors (Lipinski definition) is 6. The number of aryl methyl sites for hydroxylation is 3. The van der Waals surface area contributed by atoms with Gasteiger partial charge in [-0.1, -0.05) is 11.6 Å². The molecule has 8 nitrogen and oxygen atoms in total. The molecule has 1 aliphatic heterocycles. The Morgan fingerprint density at radius 2 is 1.97 bits per heavy atom. The van der Waals surface area contributed by atoms with Crippen molar-refractivity contribution in [3.63, 3.8) is 0 Å². The fourth-order valence-corrected chi connectivity index (χ4v) is 5.19. The highest BCUT2D eigenvalue weighted by Crippen LogP contribution is 2.37. The fourth-order valence-electron chi connectivity index (χ4n) is 5.00. The summed E-state index contributed by atoms with van der Waals surface area (Å²) in [7, 11) is 0. The minimum atomic E-state index is -1.89. The van der Waals surface area contributed by atoms with Gasteiger partial charge in [-0.2, -0.15) is 5.10 Å². The minimum Gasteiger partial charge on any atom is -0.482 e. The van der Waals surface area contributed by atoms with Crippen LogP contribution in [0, 0.1) is 11.6 Å². The molecule has 0 aromatic carbocycles. The van der Waals surface area contributed by atoms with E-state index in [0.29, 0.717) is 36.2 Å². The highest BCUT2D eigenvalue weighted by molar-refractivity contribution is 6.31. The van der Waals surface area contributed by atoms with Crippen LogP contribution in [-0.2, 0) is 24.8 Å². The van der Waals surface area contributed by atoms with Gasteiger partial charge in [0.1, 0.15) is 28.3 Å². The Balaban J connectivity index is 1.46. The highest BCUT2D eigenvalue weighted by atomic mass is 35.5. The minimum absolute atomic E-state index is 0.0152. The molecule has 39 heavy (non-hydrogen) atoms. The third kappa shape index (κ3) is 4.51. The molecular formula is C28H26ClF2N5O3. The number of nitrogens with zero attached hydrogens (tertiary/aromatic N) is 5. The Hall–Kier alpha value is -3.63. The first kappa shape index (κ1) is 23.3.